The quantitative estimate of drug-likeness (QED) is 0.815. The lowest BCUT2D eigenvalue weighted by Crippen LogP contribution is -2.43. The smallest absolute Gasteiger partial charge is 0.240 e. The van der Waals surface area contributed by atoms with Crippen molar-refractivity contribution in [2.45, 2.75) is 19.3 Å². The molecule has 6 heteroatoms. The number of anilines is 1. The van der Waals surface area contributed by atoms with E-state index in [1.165, 1.54) is 0 Å². The number of carbonyl (C=O) groups excluding carboxylic acids is 2. The zero-order chi connectivity index (χ0) is 19.2. The molecule has 0 spiro atoms. The lowest BCUT2D eigenvalue weighted by molar-refractivity contribution is -0.124. The van der Waals surface area contributed by atoms with Gasteiger partial charge in [-0.2, -0.15) is 0 Å². The van der Waals surface area contributed by atoms with Gasteiger partial charge in [-0.05, 0) is 42.2 Å². The van der Waals surface area contributed by atoms with Crippen molar-refractivity contribution in [1.29, 1.82) is 0 Å². The predicted octanol–water partition coefficient (Wildman–Crippen LogP) is 2.34. The third kappa shape index (κ3) is 4.39. The molecule has 2 aromatic rings. The number of hydrogen-bond acceptors (Lipinski definition) is 4. The molecule has 2 amide bonds. The van der Waals surface area contributed by atoms with Crippen LogP contribution in [-0.2, 0) is 22.4 Å². The van der Waals surface area contributed by atoms with Crippen LogP contribution in [0.3, 0.4) is 0 Å². The largest absolute Gasteiger partial charge is 0.493 e. The molecule has 0 saturated heterocycles. The van der Waals surface area contributed by atoms with Crippen molar-refractivity contribution >= 4 is 17.5 Å². The van der Waals surface area contributed by atoms with Crippen molar-refractivity contribution in [3.63, 3.8) is 0 Å². The number of para-hydroxylation sites is 1. The van der Waals surface area contributed by atoms with Crippen LogP contribution in [0.1, 0.15) is 17.5 Å². The van der Waals surface area contributed by atoms with Gasteiger partial charge in [0, 0.05) is 18.7 Å². The number of aryl methyl sites for hydroxylation is 1. The number of ether oxygens (including phenoxy) is 2. The van der Waals surface area contributed by atoms with Crippen molar-refractivity contribution in [1.82, 2.24) is 5.32 Å². The van der Waals surface area contributed by atoms with E-state index in [1.807, 2.05) is 42.5 Å². The first kappa shape index (κ1) is 18.8. The summed E-state index contributed by atoms with van der Waals surface area (Å²) in [6, 6.07) is 13.4. The Labute approximate surface area is 159 Å². The Balaban J connectivity index is 1.55. The van der Waals surface area contributed by atoms with Crippen LogP contribution in [0.5, 0.6) is 11.5 Å². The molecule has 1 aliphatic heterocycles. The minimum Gasteiger partial charge on any atom is -0.493 e. The van der Waals surface area contributed by atoms with E-state index in [0.717, 1.165) is 23.2 Å². The normalized spacial score (nSPS) is 13.1. The maximum atomic E-state index is 12.3. The number of nitrogens with one attached hydrogen (secondary N) is 1. The van der Waals surface area contributed by atoms with Crippen molar-refractivity contribution < 1.29 is 19.1 Å². The molecule has 0 aliphatic carbocycles. The lowest BCUT2D eigenvalue weighted by Gasteiger charge is -2.28. The van der Waals surface area contributed by atoms with Crippen LogP contribution < -0.4 is 19.7 Å². The first-order chi connectivity index (χ1) is 13.1. The number of nitrogens with zero attached hydrogens (tertiary/aromatic N) is 1. The van der Waals surface area contributed by atoms with Crippen molar-refractivity contribution in [2.24, 2.45) is 0 Å². The Bertz CT molecular complexity index is 835. The van der Waals surface area contributed by atoms with Gasteiger partial charge in [-0.3, -0.25) is 9.59 Å². The summed E-state index contributed by atoms with van der Waals surface area (Å²) >= 11 is 0. The summed E-state index contributed by atoms with van der Waals surface area (Å²) in [6.45, 7) is 0.528. The highest BCUT2D eigenvalue weighted by Gasteiger charge is 2.25. The van der Waals surface area contributed by atoms with E-state index in [9.17, 15) is 9.59 Å². The molecule has 27 heavy (non-hydrogen) atoms. The van der Waals surface area contributed by atoms with Crippen LogP contribution in [0, 0.1) is 0 Å². The molecule has 0 saturated carbocycles. The van der Waals surface area contributed by atoms with Gasteiger partial charge in [0.25, 0.3) is 0 Å². The van der Waals surface area contributed by atoms with Crippen LogP contribution >= 0.6 is 0 Å². The molecule has 6 nitrogen and oxygen atoms in total. The lowest BCUT2D eigenvalue weighted by atomic mass is 10.0. The minimum atomic E-state index is -0.166. The summed E-state index contributed by atoms with van der Waals surface area (Å²) in [5, 5.41) is 2.89. The molecular formula is C21H24N2O4. The SMILES string of the molecule is COc1ccc(CCNC(=O)CN2C(=O)CCc3ccccc32)cc1OC. The Morgan fingerprint density at radius 2 is 1.85 bits per heavy atom. The maximum Gasteiger partial charge on any atom is 0.240 e. The van der Waals surface area contributed by atoms with Gasteiger partial charge < -0.3 is 19.7 Å². The van der Waals surface area contributed by atoms with Gasteiger partial charge in [-0.1, -0.05) is 24.3 Å². The molecule has 3 rings (SSSR count). The minimum absolute atomic E-state index is 0.0104. The number of rotatable bonds is 7. The first-order valence-electron chi connectivity index (χ1n) is 8.98. The van der Waals surface area contributed by atoms with Crippen LogP contribution in [0.2, 0.25) is 0 Å². The van der Waals surface area contributed by atoms with E-state index >= 15 is 0 Å². The summed E-state index contributed by atoms with van der Waals surface area (Å²) in [5.74, 6) is 1.16. The van der Waals surface area contributed by atoms with Gasteiger partial charge >= 0.3 is 0 Å². The molecule has 1 aliphatic rings. The molecule has 0 radical (unpaired) electrons. The molecule has 1 N–H and O–H groups in total. The summed E-state index contributed by atoms with van der Waals surface area (Å²) < 4.78 is 10.5. The van der Waals surface area contributed by atoms with Crippen LogP contribution in [0.4, 0.5) is 5.69 Å². The van der Waals surface area contributed by atoms with Crippen LogP contribution in [0.25, 0.3) is 0 Å². The third-order valence-electron chi connectivity index (χ3n) is 4.68. The van der Waals surface area contributed by atoms with E-state index < -0.39 is 0 Å². The van der Waals surface area contributed by atoms with E-state index in [4.69, 9.17) is 9.47 Å². The molecule has 0 atom stereocenters. The Morgan fingerprint density at radius 3 is 2.63 bits per heavy atom. The van der Waals surface area contributed by atoms with E-state index in [0.29, 0.717) is 30.9 Å². The van der Waals surface area contributed by atoms with Crippen molar-refractivity contribution in [2.75, 3.05) is 32.2 Å². The molecule has 142 valence electrons. The molecular weight excluding hydrogens is 344 g/mol. The highest BCUT2D eigenvalue weighted by Crippen LogP contribution is 2.28. The summed E-state index contributed by atoms with van der Waals surface area (Å²) in [5.41, 5.74) is 2.98. The number of fused-ring (bicyclic) bond motifs is 1. The predicted molar refractivity (Wildman–Crippen MR) is 103 cm³/mol. The number of methoxy groups -OCH3 is 2. The first-order valence-corrected chi connectivity index (χ1v) is 8.98. The third-order valence-corrected chi connectivity index (χ3v) is 4.68. The number of hydrogen-bond donors (Lipinski definition) is 1. The monoisotopic (exact) mass is 368 g/mol. The topological polar surface area (TPSA) is 67.9 Å². The highest BCUT2D eigenvalue weighted by molar-refractivity contribution is 6.00. The molecule has 0 bridgehead atoms. The number of amides is 2. The van der Waals surface area contributed by atoms with Gasteiger partial charge in [0.2, 0.25) is 11.8 Å². The zero-order valence-electron chi connectivity index (χ0n) is 15.7. The molecule has 0 aromatic heterocycles. The second-order valence-electron chi connectivity index (χ2n) is 6.40. The van der Waals surface area contributed by atoms with Crippen LogP contribution in [0.15, 0.2) is 42.5 Å². The van der Waals surface area contributed by atoms with Crippen LogP contribution in [-0.4, -0.2) is 39.1 Å². The standard InChI is InChI=1S/C21H24N2O4/c1-26-18-9-7-15(13-19(18)27-2)11-12-22-20(24)14-23-17-6-4-3-5-16(17)8-10-21(23)25/h3-7,9,13H,8,10-12,14H2,1-2H3,(H,22,24). The second-order valence-corrected chi connectivity index (χ2v) is 6.40. The zero-order valence-corrected chi connectivity index (χ0v) is 15.7. The van der Waals surface area contributed by atoms with Gasteiger partial charge in [-0.15, -0.1) is 0 Å². The summed E-state index contributed by atoms with van der Waals surface area (Å²) in [7, 11) is 3.19. The fraction of sp³-hybridized carbons (Fsp3) is 0.333. The van der Waals surface area contributed by atoms with E-state index in [1.54, 1.807) is 19.1 Å². The molecule has 0 fully saturated rings. The fourth-order valence-corrected chi connectivity index (χ4v) is 3.25. The van der Waals surface area contributed by atoms with Crippen molar-refractivity contribution in [3.05, 3.63) is 53.6 Å². The molecule has 2 aromatic carbocycles. The Hall–Kier alpha value is -3.02. The van der Waals surface area contributed by atoms with E-state index in [-0.39, 0.29) is 18.4 Å². The van der Waals surface area contributed by atoms with Gasteiger partial charge in [0.15, 0.2) is 11.5 Å². The maximum absolute atomic E-state index is 12.3. The molecule has 0 unspecified atom stereocenters. The average Bonchev–Trinajstić information content (AvgIpc) is 2.70. The number of carbonyl (C=O) groups is 2. The summed E-state index contributed by atoms with van der Waals surface area (Å²) in [4.78, 5) is 26.1. The number of benzene rings is 2. The van der Waals surface area contributed by atoms with Gasteiger partial charge in [0.1, 0.15) is 6.54 Å². The highest BCUT2D eigenvalue weighted by atomic mass is 16.5. The fourth-order valence-electron chi connectivity index (χ4n) is 3.25. The van der Waals surface area contributed by atoms with E-state index in [2.05, 4.69) is 5.32 Å². The average molecular weight is 368 g/mol. The van der Waals surface area contributed by atoms with Gasteiger partial charge in [-0.25, -0.2) is 0 Å². The molecule has 1 heterocycles. The Morgan fingerprint density at radius 1 is 1.07 bits per heavy atom. The summed E-state index contributed by atoms with van der Waals surface area (Å²) in [6.07, 6.45) is 1.83. The second kappa shape index (κ2) is 8.58. The Kier molecular flexibility index (Phi) is 5.96. The van der Waals surface area contributed by atoms with Crippen molar-refractivity contribution in [3.8, 4) is 11.5 Å². The van der Waals surface area contributed by atoms with Gasteiger partial charge in [0.05, 0.1) is 14.2 Å².